The van der Waals surface area contributed by atoms with E-state index in [1.807, 2.05) is 74.6 Å². The summed E-state index contributed by atoms with van der Waals surface area (Å²) in [6, 6.07) is 28.3. The average Bonchev–Trinajstić information content (AvgIpc) is 3.55. The molecule has 0 saturated carbocycles. The van der Waals surface area contributed by atoms with Crippen molar-refractivity contribution in [3.05, 3.63) is 127 Å². The molecule has 0 bridgehead atoms. The third-order valence-corrected chi connectivity index (χ3v) is 9.36. The number of hydrogen-bond donors (Lipinski definition) is 0. The summed E-state index contributed by atoms with van der Waals surface area (Å²) < 4.78 is 3.22. The van der Waals surface area contributed by atoms with Crippen LogP contribution < -0.4 is 14.8 Å². The van der Waals surface area contributed by atoms with E-state index in [0.717, 1.165) is 48.1 Å². The molecule has 0 amide bonds. The van der Waals surface area contributed by atoms with Crippen LogP contribution in [0.5, 0.6) is 0 Å². The summed E-state index contributed by atoms with van der Waals surface area (Å²) in [6.45, 7) is 2.48. The van der Waals surface area contributed by atoms with E-state index in [1.165, 1.54) is 11.3 Å². The highest BCUT2D eigenvalue weighted by atomic mass is 32.2. The minimum absolute atomic E-state index is 0.0334. The molecule has 1 aliphatic carbocycles. The molecule has 2 aliphatic rings. The second kappa shape index (κ2) is 9.12. The van der Waals surface area contributed by atoms with Crippen molar-refractivity contribution in [2.24, 2.45) is 0 Å². The molecule has 0 unspecified atom stereocenters. The van der Waals surface area contributed by atoms with Crippen LogP contribution in [-0.4, -0.2) is 22.3 Å². The molecular weight excluding hydrogens is 484 g/mol. The second-order valence-corrected chi connectivity index (χ2v) is 10.8. The van der Waals surface area contributed by atoms with E-state index in [9.17, 15) is 9.59 Å². The van der Waals surface area contributed by atoms with E-state index in [2.05, 4.69) is 29.2 Å². The van der Waals surface area contributed by atoms with Gasteiger partial charge in [0.2, 0.25) is 0 Å². The topological polar surface area (TPSA) is 42.3 Å². The normalized spacial score (nSPS) is 18.3. The summed E-state index contributed by atoms with van der Waals surface area (Å²) in [5.74, 6) is 0.0334. The van der Waals surface area contributed by atoms with Crippen molar-refractivity contribution in [1.29, 1.82) is 0 Å². The van der Waals surface area contributed by atoms with Crippen molar-refractivity contribution < 1.29 is 4.79 Å². The van der Waals surface area contributed by atoms with Crippen LogP contribution >= 0.6 is 23.1 Å². The number of thioether (sulfide) groups is 1. The Morgan fingerprint density at radius 1 is 0.833 bits per heavy atom. The Morgan fingerprint density at radius 3 is 2.14 bits per heavy atom. The lowest BCUT2D eigenvalue weighted by atomic mass is 10.1. The number of hydrogen-bond acceptors (Lipinski definition) is 5. The first kappa shape index (κ1) is 22.8. The molecule has 3 aromatic carbocycles. The Bertz CT molecular complexity index is 1710. The van der Waals surface area contributed by atoms with Gasteiger partial charge in [0, 0.05) is 36.1 Å². The Hall–Kier alpha value is -3.61. The molecular formula is C30H24N2O2S2. The van der Waals surface area contributed by atoms with Crippen molar-refractivity contribution in [3.8, 4) is 0 Å². The molecule has 4 nitrogen and oxygen atoms in total. The molecule has 36 heavy (non-hydrogen) atoms. The first-order chi connectivity index (χ1) is 17.6. The number of thiazole rings is 1. The number of carbonyl (C=O) groups is 1. The van der Waals surface area contributed by atoms with Gasteiger partial charge in [0.25, 0.3) is 5.56 Å². The lowest BCUT2D eigenvalue weighted by Crippen LogP contribution is -2.34. The highest BCUT2D eigenvalue weighted by Gasteiger charge is 2.31. The molecule has 0 spiro atoms. The van der Waals surface area contributed by atoms with Crippen LogP contribution in [0.15, 0.2) is 89.7 Å². The number of carbonyl (C=O) groups excluding carboxylic acids is 1. The van der Waals surface area contributed by atoms with Gasteiger partial charge in [0.15, 0.2) is 5.78 Å². The summed E-state index contributed by atoms with van der Waals surface area (Å²) in [4.78, 5) is 30.3. The number of fused-ring (bicyclic) bond motifs is 1. The minimum Gasteiger partial charge on any atom is -0.336 e. The van der Waals surface area contributed by atoms with Crippen LogP contribution in [0.4, 0.5) is 0 Å². The van der Waals surface area contributed by atoms with Crippen LogP contribution in [0, 0.1) is 0 Å². The molecule has 178 valence electrons. The molecule has 1 aromatic heterocycles. The van der Waals surface area contributed by atoms with Gasteiger partial charge >= 0.3 is 0 Å². The van der Waals surface area contributed by atoms with Crippen LogP contribution in [0.2, 0.25) is 0 Å². The van der Waals surface area contributed by atoms with Gasteiger partial charge in [-0.25, -0.2) is 0 Å². The van der Waals surface area contributed by atoms with Gasteiger partial charge in [-0.1, -0.05) is 96.7 Å². The van der Waals surface area contributed by atoms with Crippen LogP contribution in [-0.2, 0) is 13.0 Å². The van der Waals surface area contributed by atoms with Gasteiger partial charge in [-0.15, -0.1) is 11.3 Å². The molecule has 0 N–H and O–H groups in total. The van der Waals surface area contributed by atoms with Crippen molar-refractivity contribution in [1.82, 2.24) is 9.47 Å². The van der Waals surface area contributed by atoms with E-state index >= 15 is 0 Å². The fraction of sp³-hybridized carbons (Fsp3) is 0.133. The Balaban J connectivity index is 1.58. The summed E-state index contributed by atoms with van der Waals surface area (Å²) in [6.07, 6.45) is 0.565. The van der Waals surface area contributed by atoms with Crippen LogP contribution in [0.1, 0.15) is 34.0 Å². The van der Waals surface area contributed by atoms with E-state index in [4.69, 9.17) is 0 Å². The Labute approximate surface area is 217 Å². The molecule has 0 atom stereocenters. The zero-order chi connectivity index (χ0) is 24.8. The van der Waals surface area contributed by atoms with Crippen molar-refractivity contribution in [3.63, 3.8) is 0 Å². The number of ketones is 1. The predicted octanol–water partition coefficient (Wildman–Crippen LogP) is 4.79. The Kier molecular flexibility index (Phi) is 5.78. The molecule has 2 heterocycles. The van der Waals surface area contributed by atoms with Gasteiger partial charge < -0.3 is 4.90 Å². The summed E-state index contributed by atoms with van der Waals surface area (Å²) in [7, 11) is 2.03. The molecule has 4 aromatic rings. The van der Waals surface area contributed by atoms with Gasteiger partial charge in [-0.05, 0) is 23.6 Å². The highest BCUT2D eigenvalue weighted by molar-refractivity contribution is 8.16. The van der Waals surface area contributed by atoms with Gasteiger partial charge in [0.1, 0.15) is 14.2 Å². The van der Waals surface area contributed by atoms with E-state index in [0.29, 0.717) is 17.5 Å². The third-order valence-electron chi connectivity index (χ3n) is 6.69. The fourth-order valence-electron chi connectivity index (χ4n) is 4.93. The van der Waals surface area contributed by atoms with Gasteiger partial charge in [0.05, 0.1) is 5.70 Å². The average molecular weight is 509 g/mol. The highest BCUT2D eigenvalue weighted by Crippen LogP contribution is 2.49. The standard InChI is InChI=1S/C30H24N2O2S2/c1-3-32-28(34)27(36-29(32)23-18-21-16-10-11-17-22(21)25(23)33)30-31(2)24(19-12-6-4-7-13-19)26(35-30)20-14-8-5-9-15-20/h4-17H,3,18H2,1-2H3/b29-23-,30-27+. The molecule has 0 fully saturated rings. The zero-order valence-electron chi connectivity index (χ0n) is 20.0. The van der Waals surface area contributed by atoms with Gasteiger partial charge in [-0.2, -0.15) is 0 Å². The maximum Gasteiger partial charge on any atom is 0.271 e. The predicted molar refractivity (Wildman–Crippen MR) is 150 cm³/mol. The molecule has 6 heteroatoms. The van der Waals surface area contributed by atoms with E-state index < -0.39 is 0 Å². The number of rotatable bonds is 3. The van der Waals surface area contributed by atoms with Gasteiger partial charge in [-0.3, -0.25) is 14.2 Å². The fourth-order valence-corrected chi connectivity index (χ4v) is 7.61. The summed E-state index contributed by atoms with van der Waals surface area (Å²) in [5, 5.41) is 0.903. The number of aromatic nitrogens is 1. The van der Waals surface area contributed by atoms with Crippen LogP contribution in [0.3, 0.4) is 0 Å². The molecule has 6 rings (SSSR count). The maximum absolute atomic E-state index is 13.7. The van der Waals surface area contributed by atoms with E-state index in [-0.39, 0.29) is 11.3 Å². The molecule has 1 aliphatic heterocycles. The lowest BCUT2D eigenvalue weighted by Gasteiger charge is -2.17. The van der Waals surface area contributed by atoms with Crippen molar-refractivity contribution in [2.75, 3.05) is 7.05 Å². The summed E-state index contributed by atoms with van der Waals surface area (Å²) >= 11 is 3.07. The minimum atomic E-state index is -0.0372. The maximum atomic E-state index is 13.7. The number of Topliss-reactive ketones (excluding diaryl/α,β-unsaturated/α-hetero) is 1. The van der Waals surface area contributed by atoms with E-state index in [1.54, 1.807) is 16.3 Å². The van der Waals surface area contributed by atoms with Crippen LogP contribution in [0.25, 0.3) is 21.2 Å². The first-order valence-corrected chi connectivity index (χ1v) is 13.6. The van der Waals surface area contributed by atoms with Crippen molar-refractivity contribution in [2.45, 2.75) is 19.9 Å². The molecule has 0 radical (unpaired) electrons. The third kappa shape index (κ3) is 3.60. The smallest absolute Gasteiger partial charge is 0.271 e. The molecule has 0 saturated heterocycles. The first-order valence-electron chi connectivity index (χ1n) is 11.9. The number of benzene rings is 3. The monoisotopic (exact) mass is 508 g/mol. The lowest BCUT2D eigenvalue weighted by molar-refractivity contribution is 0.105. The number of nitrogens with zero attached hydrogens (tertiary/aromatic N) is 2. The largest absolute Gasteiger partial charge is 0.336 e. The zero-order valence-corrected chi connectivity index (χ0v) is 21.7. The Morgan fingerprint density at radius 2 is 1.47 bits per heavy atom. The summed E-state index contributed by atoms with van der Waals surface area (Å²) in [5.41, 5.74) is 5.76. The quantitative estimate of drug-likeness (QED) is 0.399. The second-order valence-electron chi connectivity index (χ2n) is 8.80. The van der Waals surface area contributed by atoms with Crippen molar-refractivity contribution >= 4 is 50.1 Å². The SMILES string of the molecule is CCn1c(=O)/c(=C2\SC(c3ccccc3)=C(c3ccccc3)N2C)s/c1=C1/Cc2ccccc2C1=O.